The quantitative estimate of drug-likeness (QED) is 0.935. The van der Waals surface area contributed by atoms with Crippen molar-refractivity contribution in [2.75, 3.05) is 19.7 Å². The van der Waals surface area contributed by atoms with Gasteiger partial charge in [-0.15, -0.1) is 11.3 Å². The minimum absolute atomic E-state index is 0.136. The number of hydrogen-bond donors (Lipinski definition) is 1. The molecule has 3 rings (SSSR count). The lowest BCUT2D eigenvalue weighted by Gasteiger charge is -2.31. The molecule has 7 heteroatoms. The van der Waals surface area contributed by atoms with Crippen molar-refractivity contribution in [2.45, 2.75) is 26.4 Å². The van der Waals surface area contributed by atoms with Crippen molar-refractivity contribution >= 4 is 17.2 Å². The third-order valence-corrected chi connectivity index (χ3v) is 4.44. The average Bonchev–Trinajstić information content (AvgIpc) is 3.08. The lowest BCUT2D eigenvalue weighted by atomic mass is 10.2. The predicted octanol–water partition coefficient (Wildman–Crippen LogP) is 1.63. The number of H-pyrrole nitrogens is 1. The molecule has 1 atom stereocenters. The average molecular weight is 306 g/mol. The summed E-state index contributed by atoms with van der Waals surface area (Å²) in [5.41, 5.74) is 0. The Balaban J connectivity index is 1.64. The van der Waals surface area contributed by atoms with Gasteiger partial charge in [-0.1, -0.05) is 0 Å². The lowest BCUT2D eigenvalue weighted by molar-refractivity contribution is -0.138. The molecule has 2 aromatic rings. The van der Waals surface area contributed by atoms with E-state index in [0.717, 1.165) is 10.7 Å². The molecule has 1 N–H and O–H groups in total. The molecule has 0 aromatic carbocycles. The van der Waals surface area contributed by atoms with E-state index < -0.39 is 0 Å². The number of ether oxygens (including phenoxy) is 1. The number of aromatic nitrogens is 3. The van der Waals surface area contributed by atoms with Gasteiger partial charge in [0.25, 0.3) is 0 Å². The second-order valence-corrected chi connectivity index (χ2v) is 6.54. The maximum atomic E-state index is 12.4. The SMILES string of the molecule is Cc1nc([C@@H]2CN(C(=O)Cc3ccc(C)s3)CCO2)n[nH]1. The van der Waals surface area contributed by atoms with Crippen LogP contribution in [-0.2, 0) is 16.0 Å². The second kappa shape index (κ2) is 5.95. The molecule has 0 aliphatic carbocycles. The summed E-state index contributed by atoms with van der Waals surface area (Å²) in [5, 5.41) is 6.93. The first kappa shape index (κ1) is 14.2. The van der Waals surface area contributed by atoms with Gasteiger partial charge in [0, 0.05) is 16.3 Å². The normalized spacial score (nSPS) is 19.0. The molecule has 2 aromatic heterocycles. The Morgan fingerprint density at radius 2 is 2.38 bits per heavy atom. The predicted molar refractivity (Wildman–Crippen MR) is 79.2 cm³/mol. The van der Waals surface area contributed by atoms with Crippen LogP contribution in [0.2, 0.25) is 0 Å². The Hall–Kier alpha value is -1.73. The van der Waals surface area contributed by atoms with Crippen LogP contribution >= 0.6 is 11.3 Å². The fraction of sp³-hybridized carbons (Fsp3) is 0.500. The number of nitrogens with zero attached hydrogens (tertiary/aromatic N) is 3. The van der Waals surface area contributed by atoms with Gasteiger partial charge >= 0.3 is 0 Å². The summed E-state index contributed by atoms with van der Waals surface area (Å²) in [6.45, 7) is 5.56. The van der Waals surface area contributed by atoms with Crippen LogP contribution in [0, 0.1) is 13.8 Å². The van der Waals surface area contributed by atoms with Gasteiger partial charge in [0.2, 0.25) is 5.91 Å². The molecule has 1 aliphatic heterocycles. The number of aromatic amines is 1. The lowest BCUT2D eigenvalue weighted by Crippen LogP contribution is -2.43. The molecule has 1 fully saturated rings. The third kappa shape index (κ3) is 3.30. The minimum atomic E-state index is -0.238. The largest absolute Gasteiger partial charge is 0.366 e. The maximum Gasteiger partial charge on any atom is 0.228 e. The smallest absolute Gasteiger partial charge is 0.228 e. The first-order valence-electron chi connectivity index (χ1n) is 6.95. The van der Waals surface area contributed by atoms with Gasteiger partial charge < -0.3 is 9.64 Å². The fourth-order valence-electron chi connectivity index (χ4n) is 2.38. The molecule has 3 heterocycles. The van der Waals surface area contributed by atoms with Gasteiger partial charge in [0.05, 0.1) is 19.6 Å². The Morgan fingerprint density at radius 1 is 1.52 bits per heavy atom. The molecule has 21 heavy (non-hydrogen) atoms. The second-order valence-electron chi connectivity index (χ2n) is 5.17. The van der Waals surface area contributed by atoms with E-state index in [1.807, 2.05) is 24.0 Å². The standard InChI is InChI=1S/C14H18N4O2S/c1-9-3-4-11(21-9)7-13(19)18-5-6-20-12(8-18)14-15-10(2)16-17-14/h3-4,12H,5-8H2,1-2H3,(H,15,16,17)/t12-/m0/s1. The molecule has 0 bridgehead atoms. The van der Waals surface area contributed by atoms with Gasteiger partial charge in [0.1, 0.15) is 11.9 Å². The first-order chi connectivity index (χ1) is 10.1. The van der Waals surface area contributed by atoms with E-state index in [1.54, 1.807) is 11.3 Å². The van der Waals surface area contributed by atoms with Crippen molar-refractivity contribution in [2.24, 2.45) is 0 Å². The van der Waals surface area contributed by atoms with Crippen molar-refractivity contribution in [3.8, 4) is 0 Å². The van der Waals surface area contributed by atoms with E-state index in [1.165, 1.54) is 4.88 Å². The van der Waals surface area contributed by atoms with Crippen molar-refractivity contribution in [3.63, 3.8) is 0 Å². The fourth-order valence-corrected chi connectivity index (χ4v) is 3.26. The number of amides is 1. The molecule has 0 unspecified atom stereocenters. The van der Waals surface area contributed by atoms with E-state index in [9.17, 15) is 4.79 Å². The maximum absolute atomic E-state index is 12.4. The Morgan fingerprint density at radius 3 is 3.05 bits per heavy atom. The monoisotopic (exact) mass is 306 g/mol. The summed E-state index contributed by atoms with van der Waals surface area (Å²) in [4.78, 5) is 20.9. The van der Waals surface area contributed by atoms with Crippen LogP contribution in [-0.4, -0.2) is 45.7 Å². The van der Waals surface area contributed by atoms with Crippen LogP contribution < -0.4 is 0 Å². The number of carbonyl (C=O) groups excluding carboxylic acids is 1. The van der Waals surface area contributed by atoms with Gasteiger partial charge in [-0.25, -0.2) is 4.98 Å². The molecule has 1 amide bonds. The van der Waals surface area contributed by atoms with Crippen LogP contribution in [0.4, 0.5) is 0 Å². The van der Waals surface area contributed by atoms with Gasteiger partial charge in [0.15, 0.2) is 5.82 Å². The van der Waals surface area contributed by atoms with E-state index in [4.69, 9.17) is 4.74 Å². The number of thiophene rings is 1. The number of nitrogens with one attached hydrogen (secondary N) is 1. The van der Waals surface area contributed by atoms with Crippen molar-refractivity contribution in [1.29, 1.82) is 0 Å². The van der Waals surface area contributed by atoms with E-state index in [2.05, 4.69) is 22.1 Å². The molecule has 112 valence electrons. The molecular weight excluding hydrogens is 288 g/mol. The highest BCUT2D eigenvalue weighted by atomic mass is 32.1. The zero-order valence-electron chi connectivity index (χ0n) is 12.1. The minimum Gasteiger partial charge on any atom is -0.366 e. The number of aryl methyl sites for hydroxylation is 2. The molecular formula is C14H18N4O2S. The molecule has 1 aliphatic rings. The number of carbonyl (C=O) groups is 1. The molecule has 0 radical (unpaired) electrons. The van der Waals surface area contributed by atoms with E-state index in [-0.39, 0.29) is 12.0 Å². The van der Waals surface area contributed by atoms with Crippen LogP contribution in [0.15, 0.2) is 12.1 Å². The highest BCUT2D eigenvalue weighted by Crippen LogP contribution is 2.21. The zero-order valence-corrected chi connectivity index (χ0v) is 12.9. The zero-order chi connectivity index (χ0) is 14.8. The summed E-state index contributed by atoms with van der Waals surface area (Å²) in [6.07, 6.45) is 0.218. The summed E-state index contributed by atoms with van der Waals surface area (Å²) in [7, 11) is 0. The highest BCUT2D eigenvalue weighted by Gasteiger charge is 2.28. The summed E-state index contributed by atoms with van der Waals surface area (Å²) < 4.78 is 5.68. The van der Waals surface area contributed by atoms with Gasteiger partial charge in [-0.3, -0.25) is 9.89 Å². The summed E-state index contributed by atoms with van der Waals surface area (Å²) >= 11 is 1.67. The van der Waals surface area contributed by atoms with Crippen LogP contribution in [0.25, 0.3) is 0 Å². The van der Waals surface area contributed by atoms with Crippen LogP contribution in [0.5, 0.6) is 0 Å². The topological polar surface area (TPSA) is 71.1 Å². The number of morpholine rings is 1. The highest BCUT2D eigenvalue weighted by molar-refractivity contribution is 7.12. The van der Waals surface area contributed by atoms with Gasteiger partial charge in [-0.05, 0) is 26.0 Å². The van der Waals surface area contributed by atoms with Crippen LogP contribution in [0.3, 0.4) is 0 Å². The first-order valence-corrected chi connectivity index (χ1v) is 7.77. The van der Waals surface area contributed by atoms with Crippen LogP contribution in [0.1, 0.15) is 27.5 Å². The molecule has 0 saturated carbocycles. The Labute approximate surface area is 127 Å². The summed E-state index contributed by atoms with van der Waals surface area (Å²) in [5.74, 6) is 1.51. The molecule has 1 saturated heterocycles. The van der Waals surface area contributed by atoms with E-state index >= 15 is 0 Å². The number of rotatable bonds is 3. The molecule has 0 spiro atoms. The van der Waals surface area contributed by atoms with Gasteiger partial charge in [-0.2, -0.15) is 5.10 Å². The van der Waals surface area contributed by atoms with E-state index in [0.29, 0.717) is 31.9 Å². The third-order valence-electron chi connectivity index (χ3n) is 3.44. The van der Waals surface area contributed by atoms with Crippen molar-refractivity contribution in [3.05, 3.63) is 33.5 Å². The number of hydrogen-bond acceptors (Lipinski definition) is 5. The Kier molecular flexibility index (Phi) is 4.03. The molecule has 6 nitrogen and oxygen atoms in total. The Bertz CT molecular complexity index is 636. The summed E-state index contributed by atoms with van der Waals surface area (Å²) in [6, 6.07) is 4.07. The van der Waals surface area contributed by atoms with Crippen molar-refractivity contribution < 1.29 is 9.53 Å². The van der Waals surface area contributed by atoms with Crippen molar-refractivity contribution in [1.82, 2.24) is 20.1 Å².